The molecule has 0 fully saturated rings. The summed E-state index contributed by atoms with van der Waals surface area (Å²) in [5.41, 5.74) is 0.319. The average molecular weight is 432 g/mol. The molecule has 9 nitrogen and oxygen atoms in total. The molecule has 1 atom stereocenters. The topological polar surface area (TPSA) is 124 Å². The van der Waals surface area contributed by atoms with Gasteiger partial charge in [-0.2, -0.15) is 0 Å². The monoisotopic (exact) mass is 432 g/mol. The predicted octanol–water partition coefficient (Wildman–Crippen LogP) is 1.13. The molecule has 0 aliphatic carbocycles. The summed E-state index contributed by atoms with van der Waals surface area (Å²) >= 11 is 0. The van der Waals surface area contributed by atoms with Crippen molar-refractivity contribution in [3.63, 3.8) is 0 Å². The van der Waals surface area contributed by atoms with Gasteiger partial charge < -0.3 is 9.30 Å². The van der Waals surface area contributed by atoms with Crippen LogP contribution in [0.2, 0.25) is 0 Å². The number of hydroxylamine groups is 1. The Bertz CT molecular complexity index is 1070. The van der Waals surface area contributed by atoms with Gasteiger partial charge in [-0.3, -0.25) is 9.59 Å². The zero-order valence-corrected chi connectivity index (χ0v) is 16.2. The molecule has 1 unspecified atom stereocenters. The number of aryl methyl sites for hydroxylation is 1. The number of hydrogen-bond donors (Lipinski definition) is 2. The Balaban J connectivity index is 2.32. The Morgan fingerprint density at radius 3 is 2.48 bits per heavy atom. The van der Waals surface area contributed by atoms with Crippen LogP contribution in [0.1, 0.15) is 6.42 Å². The molecule has 0 spiro atoms. The number of hydrogen-bond acceptors (Lipinski definition) is 7. The van der Waals surface area contributed by atoms with Crippen molar-refractivity contribution in [1.29, 1.82) is 0 Å². The molecule has 12 heteroatoms. The number of pyridine rings is 1. The molecule has 1 heterocycles. The summed E-state index contributed by atoms with van der Waals surface area (Å²) in [4.78, 5) is 27.4. The van der Waals surface area contributed by atoms with Crippen molar-refractivity contribution in [3.05, 3.63) is 52.5 Å². The molecule has 0 saturated carbocycles. The van der Waals surface area contributed by atoms with Crippen molar-refractivity contribution in [2.75, 3.05) is 13.4 Å². The van der Waals surface area contributed by atoms with Crippen molar-refractivity contribution in [2.24, 2.45) is 0 Å². The SMILES string of the molecule is COc1ccc(-c2cc(=O)n(CCC(C(=O)NOO)S(C)(=O)=O)cc2F)c(F)c1. The minimum atomic E-state index is -3.92. The van der Waals surface area contributed by atoms with Gasteiger partial charge in [-0.05, 0) is 18.6 Å². The van der Waals surface area contributed by atoms with E-state index in [0.717, 1.165) is 29.2 Å². The second kappa shape index (κ2) is 9.11. The Labute approximate surface area is 164 Å². The van der Waals surface area contributed by atoms with Gasteiger partial charge in [0.25, 0.3) is 11.5 Å². The molecular weight excluding hydrogens is 414 g/mol. The first-order valence-electron chi connectivity index (χ1n) is 8.11. The van der Waals surface area contributed by atoms with Gasteiger partial charge in [-0.25, -0.2) is 27.9 Å². The zero-order valence-electron chi connectivity index (χ0n) is 15.4. The molecule has 1 aromatic heterocycles. The minimum Gasteiger partial charge on any atom is -0.497 e. The Kier molecular flexibility index (Phi) is 7.06. The van der Waals surface area contributed by atoms with Crippen molar-refractivity contribution in [1.82, 2.24) is 10.0 Å². The average Bonchev–Trinajstić information content (AvgIpc) is 2.63. The number of ether oxygens (including phenoxy) is 1. The van der Waals surface area contributed by atoms with Gasteiger partial charge in [-0.15, -0.1) is 4.99 Å². The highest BCUT2D eigenvalue weighted by Crippen LogP contribution is 2.27. The van der Waals surface area contributed by atoms with E-state index in [-0.39, 0.29) is 23.4 Å². The summed E-state index contributed by atoms with van der Waals surface area (Å²) in [6.45, 7) is -0.336. The molecule has 0 bridgehead atoms. The van der Waals surface area contributed by atoms with Crippen LogP contribution in [0.4, 0.5) is 8.78 Å². The van der Waals surface area contributed by atoms with Crippen LogP contribution in [0.25, 0.3) is 11.1 Å². The molecular formula is C17H18F2N2O7S. The van der Waals surface area contributed by atoms with Gasteiger partial charge >= 0.3 is 0 Å². The third-order valence-corrected chi connectivity index (χ3v) is 5.61. The second-order valence-corrected chi connectivity index (χ2v) is 8.30. The Morgan fingerprint density at radius 2 is 1.93 bits per heavy atom. The van der Waals surface area contributed by atoms with Crippen LogP contribution in [-0.4, -0.2) is 42.8 Å². The maximum atomic E-state index is 14.5. The van der Waals surface area contributed by atoms with Crippen LogP contribution < -0.4 is 15.8 Å². The minimum absolute atomic E-state index is 0.152. The number of benzene rings is 1. The van der Waals surface area contributed by atoms with E-state index in [1.165, 1.54) is 24.7 Å². The van der Waals surface area contributed by atoms with Gasteiger partial charge in [0.1, 0.15) is 22.6 Å². The number of carbonyl (C=O) groups is 1. The quantitative estimate of drug-likeness (QED) is 0.473. The standard InChI is InChI=1S/C17H18F2N2O7S/c1-27-10-3-4-11(13(18)7-10)12-8-16(22)21(9-14(12)19)6-5-15(29(2,25)26)17(23)20-28-24/h3-4,7-9,15,24H,5-6H2,1-2H3,(H,20,23). The van der Waals surface area contributed by atoms with Gasteiger partial charge in [-0.1, -0.05) is 0 Å². The van der Waals surface area contributed by atoms with Crippen LogP contribution in [0, 0.1) is 11.6 Å². The predicted molar refractivity (Wildman–Crippen MR) is 97.7 cm³/mol. The molecule has 2 N–H and O–H groups in total. The maximum absolute atomic E-state index is 14.5. The van der Waals surface area contributed by atoms with E-state index in [0.29, 0.717) is 0 Å². The van der Waals surface area contributed by atoms with Crippen molar-refractivity contribution < 1.29 is 37.0 Å². The third kappa shape index (κ3) is 5.37. The molecule has 0 saturated heterocycles. The molecule has 2 rings (SSSR count). The molecule has 0 radical (unpaired) electrons. The molecule has 158 valence electrons. The van der Waals surface area contributed by atoms with Crippen molar-refractivity contribution >= 4 is 15.7 Å². The highest BCUT2D eigenvalue weighted by atomic mass is 32.2. The highest BCUT2D eigenvalue weighted by molar-refractivity contribution is 7.92. The Morgan fingerprint density at radius 1 is 1.24 bits per heavy atom. The third-order valence-electron chi connectivity index (χ3n) is 4.13. The van der Waals surface area contributed by atoms with Crippen LogP contribution in [0.5, 0.6) is 5.75 Å². The zero-order chi connectivity index (χ0) is 21.8. The number of aromatic nitrogens is 1. The van der Waals surface area contributed by atoms with Crippen molar-refractivity contribution in [2.45, 2.75) is 18.2 Å². The second-order valence-electron chi connectivity index (χ2n) is 6.08. The molecule has 29 heavy (non-hydrogen) atoms. The fourth-order valence-corrected chi connectivity index (χ4v) is 3.64. The molecule has 0 aliphatic heterocycles. The molecule has 2 aromatic rings. The molecule has 1 aromatic carbocycles. The van der Waals surface area contributed by atoms with Gasteiger partial charge in [0, 0.05) is 42.3 Å². The molecule has 0 aliphatic rings. The van der Waals surface area contributed by atoms with Crippen LogP contribution in [-0.2, 0) is 26.2 Å². The van der Waals surface area contributed by atoms with E-state index in [1.807, 2.05) is 0 Å². The summed E-state index contributed by atoms with van der Waals surface area (Å²) in [7, 11) is -2.58. The van der Waals surface area contributed by atoms with E-state index in [9.17, 15) is 26.8 Å². The number of nitrogens with one attached hydrogen (secondary N) is 1. The Hall–Kier alpha value is -2.83. The van der Waals surface area contributed by atoms with Gasteiger partial charge in [0.05, 0.1) is 7.11 Å². The van der Waals surface area contributed by atoms with Gasteiger partial charge in [0.2, 0.25) is 0 Å². The summed E-state index contributed by atoms with van der Waals surface area (Å²) in [6, 6.07) is 4.57. The number of nitrogens with zero attached hydrogens (tertiary/aromatic N) is 1. The number of halogens is 2. The normalized spacial score (nSPS) is 12.4. The first-order valence-corrected chi connectivity index (χ1v) is 10.1. The summed E-state index contributed by atoms with van der Waals surface area (Å²) in [5, 5.41) is 6.59. The lowest BCUT2D eigenvalue weighted by Gasteiger charge is -2.15. The van der Waals surface area contributed by atoms with Crippen LogP contribution >= 0.6 is 0 Å². The smallest absolute Gasteiger partial charge is 0.264 e. The lowest BCUT2D eigenvalue weighted by atomic mass is 10.1. The largest absolute Gasteiger partial charge is 0.497 e. The first-order chi connectivity index (χ1) is 13.6. The van der Waals surface area contributed by atoms with E-state index < -0.39 is 44.6 Å². The first kappa shape index (κ1) is 22.5. The van der Waals surface area contributed by atoms with Gasteiger partial charge in [0.15, 0.2) is 9.84 Å². The summed E-state index contributed by atoms with van der Waals surface area (Å²) < 4.78 is 57.9. The maximum Gasteiger partial charge on any atom is 0.264 e. The van der Waals surface area contributed by atoms with E-state index in [1.54, 1.807) is 0 Å². The lowest BCUT2D eigenvalue weighted by Crippen LogP contribution is -2.40. The number of carbonyl (C=O) groups excluding carboxylic acids is 1. The summed E-state index contributed by atoms with van der Waals surface area (Å²) in [6.07, 6.45) is 1.18. The lowest BCUT2D eigenvalue weighted by molar-refractivity contribution is -0.284. The van der Waals surface area contributed by atoms with Crippen LogP contribution in [0.3, 0.4) is 0 Å². The van der Waals surface area contributed by atoms with E-state index in [4.69, 9.17) is 9.99 Å². The van der Waals surface area contributed by atoms with Crippen LogP contribution in [0.15, 0.2) is 35.3 Å². The van der Waals surface area contributed by atoms with E-state index in [2.05, 4.69) is 4.99 Å². The van der Waals surface area contributed by atoms with E-state index >= 15 is 0 Å². The number of amides is 1. The molecule has 1 amide bonds. The number of methoxy groups -OCH3 is 1. The summed E-state index contributed by atoms with van der Waals surface area (Å²) in [5.74, 6) is -2.65. The highest BCUT2D eigenvalue weighted by Gasteiger charge is 2.29. The number of rotatable bonds is 8. The fraction of sp³-hybridized carbons (Fsp3) is 0.294. The van der Waals surface area contributed by atoms with Crippen molar-refractivity contribution in [3.8, 4) is 16.9 Å². The number of sulfone groups is 1. The fourth-order valence-electron chi connectivity index (χ4n) is 2.67.